The Morgan fingerprint density at radius 3 is 3.05 bits per heavy atom. The van der Waals surface area contributed by atoms with Crippen LogP contribution in [0.5, 0.6) is 0 Å². The fourth-order valence-corrected chi connectivity index (χ4v) is 3.53. The van der Waals surface area contributed by atoms with Crippen LogP contribution in [0, 0.1) is 4.77 Å². The maximum atomic E-state index is 12.2. The molecule has 0 radical (unpaired) electrons. The first-order valence-electron chi connectivity index (χ1n) is 7.10. The number of benzene rings is 1. The number of aromatic nitrogens is 3. The van der Waals surface area contributed by atoms with Crippen LogP contribution in [-0.2, 0) is 13.0 Å². The number of nitrogens with one attached hydrogen (secondary N) is 2. The number of hydrogen-bond acceptors (Lipinski definition) is 4. The van der Waals surface area contributed by atoms with Crippen LogP contribution in [0.2, 0.25) is 0 Å². The number of aromatic amines is 1. The van der Waals surface area contributed by atoms with Crippen molar-refractivity contribution in [3.05, 3.63) is 45.8 Å². The summed E-state index contributed by atoms with van der Waals surface area (Å²) < 4.78 is 3.63. The lowest BCUT2D eigenvalue weighted by Gasteiger charge is -2.06. The van der Waals surface area contributed by atoms with E-state index in [0.29, 0.717) is 17.9 Å². The topological polar surface area (TPSA) is 62.7 Å². The van der Waals surface area contributed by atoms with Gasteiger partial charge in [-0.15, -0.1) is 11.3 Å². The SMILES string of the molecule is CCc1n[nH]c(=S)n1CCNC(=O)c1cc2ccccc2s1. The summed E-state index contributed by atoms with van der Waals surface area (Å²) >= 11 is 6.70. The summed E-state index contributed by atoms with van der Waals surface area (Å²) in [5, 5.41) is 11.0. The van der Waals surface area contributed by atoms with Gasteiger partial charge >= 0.3 is 0 Å². The van der Waals surface area contributed by atoms with E-state index in [2.05, 4.69) is 15.5 Å². The van der Waals surface area contributed by atoms with E-state index in [4.69, 9.17) is 12.2 Å². The van der Waals surface area contributed by atoms with Crippen molar-refractivity contribution in [3.63, 3.8) is 0 Å². The van der Waals surface area contributed by atoms with E-state index < -0.39 is 0 Å². The molecule has 22 heavy (non-hydrogen) atoms. The number of thiophene rings is 1. The Kier molecular flexibility index (Phi) is 4.35. The van der Waals surface area contributed by atoms with Crippen molar-refractivity contribution in [3.8, 4) is 0 Å². The zero-order valence-corrected chi connectivity index (χ0v) is 13.8. The van der Waals surface area contributed by atoms with E-state index in [0.717, 1.165) is 27.2 Å². The van der Waals surface area contributed by atoms with Gasteiger partial charge in [0, 0.05) is 24.2 Å². The summed E-state index contributed by atoms with van der Waals surface area (Å²) in [7, 11) is 0. The van der Waals surface area contributed by atoms with E-state index >= 15 is 0 Å². The van der Waals surface area contributed by atoms with Crippen molar-refractivity contribution in [1.29, 1.82) is 0 Å². The second-order valence-electron chi connectivity index (χ2n) is 4.85. The van der Waals surface area contributed by atoms with Gasteiger partial charge in [-0.05, 0) is 29.7 Å². The minimum absolute atomic E-state index is 0.0470. The standard InChI is InChI=1S/C15H16N4OS2/c1-2-13-17-18-15(21)19(13)8-7-16-14(20)12-9-10-5-3-4-6-11(10)22-12/h3-6,9H,2,7-8H2,1H3,(H,16,20)(H,18,21). The molecule has 0 saturated heterocycles. The molecule has 7 heteroatoms. The minimum atomic E-state index is -0.0470. The maximum absolute atomic E-state index is 12.2. The molecule has 0 aliphatic heterocycles. The molecule has 114 valence electrons. The zero-order valence-electron chi connectivity index (χ0n) is 12.1. The first-order valence-corrected chi connectivity index (χ1v) is 8.32. The fraction of sp³-hybridized carbons (Fsp3) is 0.267. The maximum Gasteiger partial charge on any atom is 0.261 e. The third kappa shape index (κ3) is 2.95. The molecule has 0 aliphatic rings. The molecule has 0 saturated carbocycles. The Balaban J connectivity index is 1.65. The van der Waals surface area contributed by atoms with Crippen molar-refractivity contribution < 1.29 is 4.79 Å². The Labute approximate surface area is 137 Å². The number of carbonyl (C=O) groups excluding carboxylic acids is 1. The summed E-state index contributed by atoms with van der Waals surface area (Å²) in [6.07, 6.45) is 0.803. The van der Waals surface area contributed by atoms with Crippen LogP contribution in [0.4, 0.5) is 0 Å². The number of amides is 1. The molecule has 0 bridgehead atoms. The molecule has 0 fully saturated rings. The second-order valence-corrected chi connectivity index (χ2v) is 6.33. The number of hydrogen-bond donors (Lipinski definition) is 2. The highest BCUT2D eigenvalue weighted by Gasteiger charge is 2.10. The predicted octanol–water partition coefficient (Wildman–Crippen LogP) is 3.15. The van der Waals surface area contributed by atoms with E-state index in [1.807, 2.05) is 41.8 Å². The highest BCUT2D eigenvalue weighted by molar-refractivity contribution is 7.71. The summed E-state index contributed by atoms with van der Waals surface area (Å²) in [6, 6.07) is 9.92. The molecule has 2 aromatic heterocycles. The quantitative estimate of drug-likeness (QED) is 0.706. The Morgan fingerprint density at radius 2 is 2.27 bits per heavy atom. The number of carbonyl (C=O) groups is 1. The lowest BCUT2D eigenvalue weighted by atomic mass is 10.2. The van der Waals surface area contributed by atoms with Crippen molar-refractivity contribution in [2.24, 2.45) is 0 Å². The van der Waals surface area contributed by atoms with Crippen LogP contribution >= 0.6 is 23.6 Å². The third-order valence-electron chi connectivity index (χ3n) is 3.42. The normalized spacial score (nSPS) is 11.0. The van der Waals surface area contributed by atoms with Crippen LogP contribution in [0.25, 0.3) is 10.1 Å². The molecular weight excluding hydrogens is 316 g/mol. The van der Waals surface area contributed by atoms with E-state index in [9.17, 15) is 4.79 Å². The van der Waals surface area contributed by atoms with Crippen molar-refractivity contribution in [1.82, 2.24) is 20.1 Å². The van der Waals surface area contributed by atoms with Gasteiger partial charge in [0.05, 0.1) is 4.88 Å². The molecule has 2 N–H and O–H groups in total. The summed E-state index contributed by atoms with van der Waals surface area (Å²) in [5.41, 5.74) is 0. The van der Waals surface area contributed by atoms with Crippen molar-refractivity contribution in [2.75, 3.05) is 6.54 Å². The lowest BCUT2D eigenvalue weighted by molar-refractivity contribution is 0.0956. The molecule has 0 unspecified atom stereocenters. The molecule has 5 nitrogen and oxygen atoms in total. The summed E-state index contributed by atoms with van der Waals surface area (Å²) in [4.78, 5) is 13.0. The Hall–Kier alpha value is -1.99. The summed E-state index contributed by atoms with van der Waals surface area (Å²) in [5.74, 6) is 0.857. The number of fused-ring (bicyclic) bond motifs is 1. The average molecular weight is 332 g/mol. The second kappa shape index (κ2) is 6.41. The van der Waals surface area contributed by atoms with Crippen LogP contribution in [0.15, 0.2) is 30.3 Å². The van der Waals surface area contributed by atoms with E-state index in [1.165, 1.54) is 11.3 Å². The molecule has 1 amide bonds. The minimum Gasteiger partial charge on any atom is -0.350 e. The van der Waals surface area contributed by atoms with Crippen LogP contribution in [0.1, 0.15) is 22.4 Å². The van der Waals surface area contributed by atoms with Gasteiger partial charge < -0.3 is 9.88 Å². The van der Waals surface area contributed by atoms with Crippen molar-refractivity contribution >= 4 is 39.5 Å². The van der Waals surface area contributed by atoms with Crippen LogP contribution < -0.4 is 5.32 Å². The van der Waals surface area contributed by atoms with Gasteiger partial charge in [0.2, 0.25) is 0 Å². The van der Waals surface area contributed by atoms with Gasteiger partial charge in [0.25, 0.3) is 5.91 Å². The molecule has 2 heterocycles. The van der Waals surface area contributed by atoms with Crippen molar-refractivity contribution in [2.45, 2.75) is 19.9 Å². The number of aryl methyl sites for hydroxylation is 1. The average Bonchev–Trinajstić information content (AvgIpc) is 3.11. The third-order valence-corrected chi connectivity index (χ3v) is 4.85. The van der Waals surface area contributed by atoms with Gasteiger partial charge in [-0.25, -0.2) is 0 Å². The Bertz CT molecular complexity index is 829. The predicted molar refractivity (Wildman–Crippen MR) is 90.9 cm³/mol. The molecular formula is C15H16N4OS2. The highest BCUT2D eigenvalue weighted by Crippen LogP contribution is 2.24. The van der Waals surface area contributed by atoms with Gasteiger partial charge in [-0.2, -0.15) is 5.10 Å². The smallest absolute Gasteiger partial charge is 0.261 e. The molecule has 0 aliphatic carbocycles. The van der Waals surface area contributed by atoms with E-state index in [1.54, 1.807) is 0 Å². The highest BCUT2D eigenvalue weighted by atomic mass is 32.1. The van der Waals surface area contributed by atoms with Gasteiger partial charge in [-0.1, -0.05) is 25.1 Å². The van der Waals surface area contributed by atoms with Crippen LogP contribution in [-0.4, -0.2) is 27.2 Å². The number of H-pyrrole nitrogens is 1. The number of nitrogens with zero attached hydrogens (tertiary/aromatic N) is 2. The lowest BCUT2D eigenvalue weighted by Crippen LogP contribution is -2.27. The van der Waals surface area contributed by atoms with Crippen LogP contribution in [0.3, 0.4) is 0 Å². The summed E-state index contributed by atoms with van der Waals surface area (Å²) in [6.45, 7) is 3.17. The largest absolute Gasteiger partial charge is 0.350 e. The van der Waals surface area contributed by atoms with Gasteiger partial charge in [0.1, 0.15) is 5.82 Å². The molecule has 0 atom stereocenters. The first kappa shape index (κ1) is 14.9. The molecule has 1 aromatic carbocycles. The number of rotatable bonds is 5. The molecule has 3 aromatic rings. The van der Waals surface area contributed by atoms with Gasteiger partial charge in [0.15, 0.2) is 4.77 Å². The van der Waals surface area contributed by atoms with Gasteiger partial charge in [-0.3, -0.25) is 9.89 Å². The monoisotopic (exact) mass is 332 g/mol. The zero-order chi connectivity index (χ0) is 15.5. The first-order chi connectivity index (χ1) is 10.7. The molecule has 3 rings (SSSR count). The molecule has 0 spiro atoms. The Morgan fingerprint density at radius 1 is 1.45 bits per heavy atom. The fourth-order valence-electron chi connectivity index (χ4n) is 2.31. The van der Waals surface area contributed by atoms with E-state index in [-0.39, 0.29) is 5.91 Å².